The SMILES string of the molecule is COCO[C@@H]1[C@@H](O)[C@@H](O[C@]2(COC(C)=O)O[C@@H]3CO[Si](C(C)C)(C(C)C)O[Si](C(C)C)(C(C)C)O[C@H]3[C@@H]2OC(=O)c2ccccc2)O[C@H](COC(C)=O)[C@H]1O. The monoisotopic (exact) mass is 816 g/mol. The van der Waals surface area contributed by atoms with Crippen LogP contribution in [0.4, 0.5) is 0 Å². The van der Waals surface area contributed by atoms with E-state index in [0.29, 0.717) is 0 Å². The Hall–Kier alpha value is -2.34. The summed E-state index contributed by atoms with van der Waals surface area (Å²) in [6, 6.07) is 8.27. The molecule has 55 heavy (non-hydrogen) atoms. The van der Waals surface area contributed by atoms with Gasteiger partial charge in [-0.05, 0) is 34.3 Å². The quantitative estimate of drug-likeness (QED) is 0.112. The van der Waals surface area contributed by atoms with E-state index in [1.54, 1.807) is 30.3 Å². The highest BCUT2D eigenvalue weighted by Gasteiger charge is 2.68. The minimum atomic E-state index is -3.37. The van der Waals surface area contributed by atoms with Crippen LogP contribution in [0.5, 0.6) is 0 Å². The second-order valence-corrected chi connectivity index (χ2v) is 24.3. The second-order valence-electron chi connectivity index (χ2n) is 15.5. The molecule has 1 aromatic rings. The third-order valence-electron chi connectivity index (χ3n) is 10.3. The number of hydrogen-bond donors (Lipinski definition) is 2. The van der Waals surface area contributed by atoms with Gasteiger partial charge in [-0.15, -0.1) is 0 Å². The first-order valence-electron chi connectivity index (χ1n) is 18.9. The van der Waals surface area contributed by atoms with E-state index < -0.39 is 103 Å². The second kappa shape index (κ2) is 18.9. The van der Waals surface area contributed by atoms with Crippen molar-refractivity contribution in [1.82, 2.24) is 0 Å². The first-order valence-corrected chi connectivity index (χ1v) is 22.8. The Morgan fingerprint density at radius 1 is 0.873 bits per heavy atom. The van der Waals surface area contributed by atoms with Crippen LogP contribution in [0.1, 0.15) is 79.6 Å². The molecular formula is C37H60O16Si2. The van der Waals surface area contributed by atoms with Gasteiger partial charge in [-0.1, -0.05) is 73.6 Å². The van der Waals surface area contributed by atoms with Crippen molar-refractivity contribution in [2.45, 2.75) is 146 Å². The molecule has 0 spiro atoms. The van der Waals surface area contributed by atoms with Crippen LogP contribution in [0, 0.1) is 0 Å². The van der Waals surface area contributed by atoms with Crippen LogP contribution in [0.3, 0.4) is 0 Å². The Kier molecular flexibility index (Phi) is 15.6. The summed E-state index contributed by atoms with van der Waals surface area (Å²) in [5.74, 6) is -4.33. The van der Waals surface area contributed by atoms with E-state index in [4.69, 9.17) is 50.9 Å². The van der Waals surface area contributed by atoms with E-state index in [1.807, 2.05) is 27.7 Å². The van der Waals surface area contributed by atoms with Gasteiger partial charge in [-0.2, -0.15) is 0 Å². The van der Waals surface area contributed by atoms with E-state index in [9.17, 15) is 24.6 Å². The minimum absolute atomic E-state index is 0.00240. The summed E-state index contributed by atoms with van der Waals surface area (Å²) in [4.78, 5) is 38.3. The van der Waals surface area contributed by atoms with Gasteiger partial charge in [0.05, 0.1) is 12.2 Å². The fourth-order valence-electron chi connectivity index (χ4n) is 7.48. The fraction of sp³-hybridized carbons (Fsp3) is 0.757. The minimum Gasteiger partial charge on any atom is -0.463 e. The Morgan fingerprint density at radius 2 is 1.47 bits per heavy atom. The lowest BCUT2D eigenvalue weighted by molar-refractivity contribution is -0.387. The molecule has 1 aromatic carbocycles. The van der Waals surface area contributed by atoms with Crippen LogP contribution in [-0.4, -0.2) is 134 Å². The number of carbonyl (C=O) groups excluding carboxylic acids is 3. The van der Waals surface area contributed by atoms with E-state index in [-0.39, 0.29) is 41.1 Å². The number of ether oxygens (including phenoxy) is 8. The Labute approximate surface area is 325 Å². The molecular weight excluding hydrogens is 757 g/mol. The number of aliphatic hydroxyl groups excluding tert-OH is 2. The molecule has 0 aromatic heterocycles. The van der Waals surface area contributed by atoms with Gasteiger partial charge in [0.2, 0.25) is 5.79 Å². The van der Waals surface area contributed by atoms with Crippen molar-refractivity contribution < 1.29 is 75.5 Å². The largest absolute Gasteiger partial charge is 0.463 e. The molecule has 0 unspecified atom stereocenters. The molecule has 18 heteroatoms. The normalized spacial score (nSPS) is 31.9. The zero-order valence-corrected chi connectivity index (χ0v) is 35.8. The maximum absolute atomic E-state index is 14.0. The molecule has 0 aliphatic carbocycles. The first kappa shape index (κ1) is 45.4. The lowest BCUT2D eigenvalue weighted by atomic mass is 9.98. The molecule has 0 saturated carbocycles. The number of hydrogen-bond acceptors (Lipinski definition) is 16. The van der Waals surface area contributed by atoms with Gasteiger partial charge in [-0.25, -0.2) is 4.79 Å². The van der Waals surface area contributed by atoms with Crippen molar-refractivity contribution >= 4 is 35.0 Å². The number of aliphatic hydroxyl groups is 2. The highest BCUT2D eigenvalue weighted by Crippen LogP contribution is 2.50. The predicted octanol–water partition coefficient (Wildman–Crippen LogP) is 3.84. The summed E-state index contributed by atoms with van der Waals surface area (Å²) in [6.45, 7) is 17.3. The summed E-state index contributed by atoms with van der Waals surface area (Å²) in [6.07, 6.45) is -11.2. The first-order chi connectivity index (χ1) is 25.8. The van der Waals surface area contributed by atoms with E-state index in [2.05, 4.69) is 27.7 Å². The molecule has 0 bridgehead atoms. The maximum atomic E-state index is 14.0. The summed E-state index contributed by atoms with van der Waals surface area (Å²) < 4.78 is 68.8. The molecule has 3 aliphatic rings. The zero-order valence-electron chi connectivity index (χ0n) is 33.8. The lowest BCUT2D eigenvalue weighted by Crippen LogP contribution is -2.66. The molecule has 0 amide bonds. The van der Waals surface area contributed by atoms with Gasteiger partial charge in [-0.3, -0.25) is 9.59 Å². The van der Waals surface area contributed by atoms with Crippen molar-refractivity contribution in [3.05, 3.63) is 35.9 Å². The van der Waals surface area contributed by atoms with E-state index >= 15 is 0 Å². The summed E-state index contributed by atoms with van der Waals surface area (Å²) in [5.41, 5.74) is -0.0377. The van der Waals surface area contributed by atoms with Gasteiger partial charge < -0.3 is 61.1 Å². The van der Waals surface area contributed by atoms with Crippen LogP contribution < -0.4 is 0 Å². The Bertz CT molecular complexity index is 1410. The third-order valence-corrected chi connectivity index (χ3v) is 20.5. The Morgan fingerprint density at radius 3 is 2.02 bits per heavy atom. The van der Waals surface area contributed by atoms with Crippen molar-refractivity contribution in [2.75, 3.05) is 33.7 Å². The molecule has 3 fully saturated rings. The fourth-order valence-corrected chi connectivity index (χ4v) is 18.7. The van der Waals surface area contributed by atoms with Crippen LogP contribution in [0.25, 0.3) is 0 Å². The zero-order chi connectivity index (χ0) is 40.9. The lowest BCUT2D eigenvalue weighted by Gasteiger charge is -2.51. The number of fused-ring (bicyclic) bond motifs is 1. The maximum Gasteiger partial charge on any atom is 0.338 e. The smallest absolute Gasteiger partial charge is 0.338 e. The molecule has 312 valence electrons. The predicted molar refractivity (Wildman–Crippen MR) is 199 cm³/mol. The summed E-state index contributed by atoms with van der Waals surface area (Å²) >= 11 is 0. The van der Waals surface area contributed by atoms with Crippen LogP contribution in [0.2, 0.25) is 22.2 Å². The highest BCUT2D eigenvalue weighted by atomic mass is 28.5. The number of rotatable bonds is 15. The van der Waals surface area contributed by atoms with Gasteiger partial charge in [0.25, 0.3) is 0 Å². The van der Waals surface area contributed by atoms with Gasteiger partial charge in [0.15, 0.2) is 12.4 Å². The van der Waals surface area contributed by atoms with Gasteiger partial charge in [0.1, 0.15) is 56.6 Å². The van der Waals surface area contributed by atoms with Crippen molar-refractivity contribution in [3.63, 3.8) is 0 Å². The molecule has 4 rings (SSSR count). The van der Waals surface area contributed by atoms with Crippen molar-refractivity contribution in [1.29, 1.82) is 0 Å². The molecule has 3 saturated heterocycles. The van der Waals surface area contributed by atoms with Crippen molar-refractivity contribution in [3.8, 4) is 0 Å². The van der Waals surface area contributed by atoms with Gasteiger partial charge >= 0.3 is 35.0 Å². The number of methoxy groups -OCH3 is 1. The van der Waals surface area contributed by atoms with E-state index in [0.717, 1.165) is 0 Å². The average Bonchev–Trinajstić information content (AvgIpc) is 3.38. The number of benzene rings is 1. The molecule has 0 radical (unpaired) electrons. The van der Waals surface area contributed by atoms with Crippen LogP contribution >= 0.6 is 0 Å². The van der Waals surface area contributed by atoms with E-state index in [1.165, 1.54) is 21.0 Å². The highest BCUT2D eigenvalue weighted by molar-refractivity contribution is 6.84. The number of esters is 3. The third kappa shape index (κ3) is 9.86. The van der Waals surface area contributed by atoms with Gasteiger partial charge in [0, 0.05) is 21.0 Å². The van der Waals surface area contributed by atoms with Crippen LogP contribution in [0.15, 0.2) is 30.3 Å². The summed E-state index contributed by atoms with van der Waals surface area (Å²) in [7, 11) is -5.09. The number of carbonyl (C=O) groups is 3. The van der Waals surface area contributed by atoms with Crippen LogP contribution in [-0.2, 0) is 60.5 Å². The Balaban J connectivity index is 1.91. The summed E-state index contributed by atoms with van der Waals surface area (Å²) in [5, 5.41) is 22.8. The average molecular weight is 817 g/mol. The molecule has 3 heterocycles. The molecule has 2 N–H and O–H groups in total. The molecule has 9 atom stereocenters. The topological polar surface area (TPSA) is 193 Å². The molecule has 3 aliphatic heterocycles. The molecule has 16 nitrogen and oxygen atoms in total. The van der Waals surface area contributed by atoms with Crippen molar-refractivity contribution in [2.24, 2.45) is 0 Å². The standard InChI is InChI=1S/C37H60O16Si2/c1-21(2)54(22(3)4)47-18-29-32(52-55(53-54,23(5)6)24(7)8)34(49-35(42)27-15-13-12-14-16-27)37(50-29,19-45-26(10)39)51-36-31(41)33(46-20-43-11)30(40)28(48-36)17-44-25(9)38/h12-16,21-24,28-34,36,40-41H,17-20H2,1-11H3/t28-,29-,30-,31-,32-,33+,34+,36-,37+/m1/s1.